The highest BCUT2D eigenvalue weighted by molar-refractivity contribution is 5.94. The second-order valence-corrected chi connectivity index (χ2v) is 8.44. The number of rotatable bonds is 5. The Hall–Kier alpha value is -2.05. The highest BCUT2D eigenvalue weighted by Gasteiger charge is 2.45. The van der Waals surface area contributed by atoms with Crippen LogP contribution in [0.15, 0.2) is 24.3 Å². The Morgan fingerprint density at radius 2 is 1.64 bits per heavy atom. The average Bonchev–Trinajstić information content (AvgIpc) is 2.60. The number of halogens is 3. The largest absolute Gasteiger partial charge is 0.393 e. The molecule has 0 radical (unpaired) electrons. The van der Waals surface area contributed by atoms with Crippen molar-refractivity contribution in [2.45, 2.75) is 70.5 Å². The molecule has 2 rings (SSSR count). The molecule has 1 aliphatic carbocycles. The van der Waals surface area contributed by atoms with Gasteiger partial charge in [-0.05, 0) is 36.0 Å². The molecule has 1 aliphatic rings. The van der Waals surface area contributed by atoms with E-state index in [-0.39, 0.29) is 30.7 Å². The molecule has 1 aromatic rings. The molecule has 4 nitrogen and oxygen atoms in total. The van der Waals surface area contributed by atoms with Gasteiger partial charge >= 0.3 is 6.18 Å². The lowest BCUT2D eigenvalue weighted by molar-refractivity contribution is -0.189. The fourth-order valence-electron chi connectivity index (χ4n) is 3.49. The van der Waals surface area contributed by atoms with Gasteiger partial charge in [0.1, 0.15) is 0 Å². The van der Waals surface area contributed by atoms with E-state index in [1.54, 1.807) is 12.1 Å². The Labute approximate surface area is 164 Å². The van der Waals surface area contributed by atoms with Crippen LogP contribution in [0.2, 0.25) is 0 Å². The summed E-state index contributed by atoms with van der Waals surface area (Å²) >= 11 is 0. The molecular weight excluding hydrogens is 369 g/mol. The van der Waals surface area contributed by atoms with E-state index in [0.717, 1.165) is 5.56 Å². The SMILES string of the molecule is CC(C)(C)c1ccc(C(=O)NCCC(=O)NC2CCCCC2C(F)(F)F)cc1. The Bertz CT molecular complexity index is 678. The first-order valence-electron chi connectivity index (χ1n) is 9.73. The zero-order valence-electron chi connectivity index (χ0n) is 16.7. The van der Waals surface area contributed by atoms with Gasteiger partial charge in [0.25, 0.3) is 5.91 Å². The van der Waals surface area contributed by atoms with E-state index in [1.165, 1.54) is 0 Å². The minimum Gasteiger partial charge on any atom is -0.353 e. The second-order valence-electron chi connectivity index (χ2n) is 8.44. The Morgan fingerprint density at radius 1 is 1.04 bits per heavy atom. The van der Waals surface area contributed by atoms with Gasteiger partial charge in [0.2, 0.25) is 5.91 Å². The zero-order chi connectivity index (χ0) is 20.9. The second kappa shape index (κ2) is 8.97. The van der Waals surface area contributed by atoms with Crippen molar-refractivity contribution in [2.75, 3.05) is 6.54 Å². The van der Waals surface area contributed by atoms with E-state index in [2.05, 4.69) is 31.4 Å². The quantitative estimate of drug-likeness (QED) is 0.775. The maximum Gasteiger partial charge on any atom is 0.393 e. The molecule has 1 saturated carbocycles. The molecule has 2 unspecified atom stereocenters. The van der Waals surface area contributed by atoms with Crippen LogP contribution in [-0.2, 0) is 10.2 Å². The molecule has 1 aromatic carbocycles. The summed E-state index contributed by atoms with van der Waals surface area (Å²) in [6, 6.07) is 6.36. The lowest BCUT2D eigenvalue weighted by Gasteiger charge is -2.33. The topological polar surface area (TPSA) is 58.2 Å². The van der Waals surface area contributed by atoms with Gasteiger partial charge in [0.15, 0.2) is 0 Å². The number of hydrogen-bond donors (Lipinski definition) is 2. The summed E-state index contributed by atoms with van der Waals surface area (Å²) in [5, 5.41) is 5.15. The molecule has 1 fully saturated rings. The molecular formula is C21H29F3N2O2. The molecule has 7 heteroatoms. The molecule has 0 aromatic heterocycles. The molecule has 2 atom stereocenters. The van der Waals surface area contributed by atoms with Gasteiger partial charge in [0.05, 0.1) is 5.92 Å². The third-order valence-electron chi connectivity index (χ3n) is 5.18. The van der Waals surface area contributed by atoms with Crippen molar-refractivity contribution in [2.24, 2.45) is 5.92 Å². The van der Waals surface area contributed by atoms with Crippen LogP contribution in [0, 0.1) is 5.92 Å². The molecule has 0 spiro atoms. The molecule has 0 aliphatic heterocycles. The molecule has 2 amide bonds. The summed E-state index contributed by atoms with van der Waals surface area (Å²) in [5.74, 6) is -2.26. The van der Waals surface area contributed by atoms with Gasteiger partial charge in [-0.15, -0.1) is 0 Å². The minimum atomic E-state index is -4.30. The van der Waals surface area contributed by atoms with E-state index in [9.17, 15) is 22.8 Å². The van der Waals surface area contributed by atoms with Gasteiger partial charge in [-0.2, -0.15) is 13.2 Å². The lowest BCUT2D eigenvalue weighted by Crippen LogP contribution is -2.48. The van der Waals surface area contributed by atoms with Crippen LogP contribution >= 0.6 is 0 Å². The van der Waals surface area contributed by atoms with E-state index >= 15 is 0 Å². The predicted molar refractivity (Wildman–Crippen MR) is 102 cm³/mol. The van der Waals surface area contributed by atoms with E-state index in [1.807, 2.05) is 12.1 Å². The van der Waals surface area contributed by atoms with Crippen molar-refractivity contribution in [1.82, 2.24) is 10.6 Å². The van der Waals surface area contributed by atoms with E-state index in [0.29, 0.717) is 24.8 Å². The van der Waals surface area contributed by atoms with Gasteiger partial charge in [-0.1, -0.05) is 45.7 Å². The van der Waals surface area contributed by atoms with Crippen LogP contribution < -0.4 is 10.6 Å². The average molecular weight is 398 g/mol. The van der Waals surface area contributed by atoms with Crippen LogP contribution in [0.25, 0.3) is 0 Å². The summed E-state index contributed by atoms with van der Waals surface area (Å²) in [7, 11) is 0. The number of carbonyl (C=O) groups is 2. The molecule has 0 heterocycles. The third-order valence-corrected chi connectivity index (χ3v) is 5.18. The smallest absolute Gasteiger partial charge is 0.353 e. The molecule has 2 N–H and O–H groups in total. The standard InChI is InChI=1S/C21H29F3N2O2/c1-20(2,3)15-10-8-14(9-11-15)19(28)25-13-12-18(27)26-17-7-5-4-6-16(17)21(22,23)24/h8-11,16-17H,4-7,12-13H2,1-3H3,(H,25,28)(H,26,27). The third kappa shape index (κ3) is 6.24. The first-order chi connectivity index (χ1) is 13.0. The summed E-state index contributed by atoms with van der Waals surface area (Å²) < 4.78 is 39.2. The Morgan fingerprint density at radius 3 is 2.21 bits per heavy atom. The highest BCUT2D eigenvalue weighted by Crippen LogP contribution is 2.37. The summed E-state index contributed by atoms with van der Waals surface area (Å²) in [4.78, 5) is 24.2. The van der Waals surface area contributed by atoms with E-state index < -0.39 is 24.0 Å². The maximum atomic E-state index is 13.1. The van der Waals surface area contributed by atoms with Crippen LogP contribution in [0.1, 0.15) is 68.8 Å². The summed E-state index contributed by atoms with van der Waals surface area (Å²) in [6.07, 6.45) is -2.75. The number of benzene rings is 1. The van der Waals surface area contributed by atoms with Crippen molar-refractivity contribution in [3.63, 3.8) is 0 Å². The highest BCUT2D eigenvalue weighted by atomic mass is 19.4. The zero-order valence-corrected chi connectivity index (χ0v) is 16.7. The molecule has 28 heavy (non-hydrogen) atoms. The minimum absolute atomic E-state index is 0.0134. The summed E-state index contributed by atoms with van der Waals surface area (Å²) in [5.41, 5.74) is 1.58. The molecule has 0 bridgehead atoms. The fourth-order valence-corrected chi connectivity index (χ4v) is 3.49. The van der Waals surface area contributed by atoms with E-state index in [4.69, 9.17) is 0 Å². The lowest BCUT2D eigenvalue weighted by atomic mass is 9.84. The first-order valence-corrected chi connectivity index (χ1v) is 9.73. The number of hydrogen-bond acceptors (Lipinski definition) is 2. The van der Waals surface area contributed by atoms with Gasteiger partial charge in [-0.3, -0.25) is 9.59 Å². The van der Waals surface area contributed by atoms with Crippen LogP contribution in [-0.4, -0.2) is 30.6 Å². The van der Waals surface area contributed by atoms with Crippen molar-refractivity contribution in [3.8, 4) is 0 Å². The van der Waals surface area contributed by atoms with Crippen LogP contribution in [0.5, 0.6) is 0 Å². The number of nitrogens with one attached hydrogen (secondary N) is 2. The van der Waals surface area contributed by atoms with Gasteiger partial charge < -0.3 is 10.6 Å². The Kier molecular flexibility index (Phi) is 7.12. The van der Waals surface area contributed by atoms with Gasteiger partial charge in [0, 0.05) is 24.6 Å². The molecule has 0 saturated heterocycles. The van der Waals surface area contributed by atoms with Gasteiger partial charge in [-0.25, -0.2) is 0 Å². The fraction of sp³-hybridized carbons (Fsp3) is 0.619. The Balaban J connectivity index is 1.80. The van der Waals surface area contributed by atoms with Crippen molar-refractivity contribution >= 4 is 11.8 Å². The first kappa shape index (κ1) is 22.2. The number of amides is 2. The number of alkyl halides is 3. The van der Waals surface area contributed by atoms with Crippen molar-refractivity contribution in [3.05, 3.63) is 35.4 Å². The molecule has 156 valence electrons. The van der Waals surface area contributed by atoms with Crippen LogP contribution in [0.3, 0.4) is 0 Å². The predicted octanol–water partition coefficient (Wildman–Crippen LogP) is 4.34. The van der Waals surface area contributed by atoms with Crippen molar-refractivity contribution < 1.29 is 22.8 Å². The van der Waals surface area contributed by atoms with Crippen molar-refractivity contribution in [1.29, 1.82) is 0 Å². The monoisotopic (exact) mass is 398 g/mol. The van der Waals surface area contributed by atoms with Crippen LogP contribution in [0.4, 0.5) is 13.2 Å². The normalized spacial score (nSPS) is 20.5. The maximum absolute atomic E-state index is 13.1. The summed E-state index contributed by atoms with van der Waals surface area (Å²) in [6.45, 7) is 6.32. The number of carbonyl (C=O) groups excluding carboxylic acids is 2.